The number of hydrogen-bond acceptors (Lipinski definition) is 5. The van der Waals surface area contributed by atoms with Gasteiger partial charge in [-0.1, -0.05) is 12.7 Å². The number of benzene rings is 1. The summed E-state index contributed by atoms with van der Waals surface area (Å²) in [6.07, 6.45) is 1.32. The first-order chi connectivity index (χ1) is 8.51. The first-order valence-corrected chi connectivity index (χ1v) is 5.09. The molecule has 1 rings (SSSR count). The fourth-order valence-corrected chi connectivity index (χ4v) is 1.13. The van der Waals surface area contributed by atoms with Crippen molar-refractivity contribution in [3.8, 4) is 0 Å². The SMILES string of the molecule is C=Cc1cc(C(=O)OC)ccc1[N+](=O)[O-].CNC. The van der Waals surface area contributed by atoms with E-state index in [0.717, 1.165) is 0 Å². The van der Waals surface area contributed by atoms with Crippen LogP contribution in [0.1, 0.15) is 15.9 Å². The van der Waals surface area contributed by atoms with Gasteiger partial charge in [0.15, 0.2) is 0 Å². The fraction of sp³-hybridized carbons (Fsp3) is 0.250. The van der Waals surface area contributed by atoms with Crippen molar-refractivity contribution in [1.29, 1.82) is 0 Å². The molecule has 0 amide bonds. The maximum absolute atomic E-state index is 11.1. The number of carbonyl (C=O) groups is 1. The van der Waals surface area contributed by atoms with Gasteiger partial charge in [-0.05, 0) is 26.2 Å². The van der Waals surface area contributed by atoms with E-state index in [1.165, 1.54) is 31.4 Å². The molecule has 0 aliphatic rings. The largest absolute Gasteiger partial charge is 0.465 e. The topological polar surface area (TPSA) is 81.5 Å². The zero-order chi connectivity index (χ0) is 14.1. The third-order valence-corrected chi connectivity index (χ3v) is 1.87. The molecule has 0 fully saturated rings. The average molecular weight is 252 g/mol. The van der Waals surface area contributed by atoms with Crippen LogP contribution in [0.25, 0.3) is 6.08 Å². The third-order valence-electron chi connectivity index (χ3n) is 1.87. The van der Waals surface area contributed by atoms with E-state index in [2.05, 4.69) is 16.6 Å². The van der Waals surface area contributed by atoms with E-state index in [4.69, 9.17) is 0 Å². The van der Waals surface area contributed by atoms with Gasteiger partial charge in [-0.25, -0.2) is 4.79 Å². The van der Waals surface area contributed by atoms with Crippen molar-refractivity contribution in [2.45, 2.75) is 0 Å². The molecule has 0 bridgehead atoms. The highest BCUT2D eigenvalue weighted by molar-refractivity contribution is 5.90. The molecule has 1 N–H and O–H groups in total. The van der Waals surface area contributed by atoms with Crippen LogP contribution in [-0.4, -0.2) is 32.1 Å². The van der Waals surface area contributed by atoms with Gasteiger partial charge >= 0.3 is 5.97 Å². The van der Waals surface area contributed by atoms with E-state index in [-0.39, 0.29) is 11.3 Å². The minimum absolute atomic E-state index is 0.0855. The summed E-state index contributed by atoms with van der Waals surface area (Å²) in [5.41, 5.74) is 0.471. The standard InChI is InChI=1S/C10H9NO4.C2H7N/c1-3-7-6-8(10(12)15-2)4-5-9(7)11(13)14;1-3-2/h3-6H,1H2,2H3;3H,1-2H3. The van der Waals surface area contributed by atoms with Gasteiger partial charge in [-0.3, -0.25) is 10.1 Å². The lowest BCUT2D eigenvalue weighted by molar-refractivity contribution is -0.385. The predicted octanol–water partition coefficient (Wildman–Crippen LogP) is 1.86. The van der Waals surface area contributed by atoms with Gasteiger partial charge in [0.05, 0.1) is 23.2 Å². The highest BCUT2D eigenvalue weighted by atomic mass is 16.6. The number of carbonyl (C=O) groups excluding carboxylic acids is 1. The average Bonchev–Trinajstić information content (AvgIpc) is 2.37. The van der Waals surface area contributed by atoms with Crippen LogP contribution in [-0.2, 0) is 4.74 Å². The number of nitrogens with zero attached hydrogens (tertiary/aromatic N) is 1. The monoisotopic (exact) mass is 252 g/mol. The van der Waals surface area contributed by atoms with Gasteiger partial charge in [-0.2, -0.15) is 0 Å². The minimum Gasteiger partial charge on any atom is -0.465 e. The Balaban J connectivity index is 0.000000873. The van der Waals surface area contributed by atoms with Gasteiger partial charge in [0.25, 0.3) is 5.69 Å². The Morgan fingerprint density at radius 2 is 2.06 bits per heavy atom. The molecule has 0 heterocycles. The second-order valence-electron chi connectivity index (χ2n) is 3.23. The molecule has 0 aliphatic carbocycles. The summed E-state index contributed by atoms with van der Waals surface area (Å²) >= 11 is 0. The van der Waals surface area contributed by atoms with Gasteiger partial charge in [0.1, 0.15) is 0 Å². The van der Waals surface area contributed by atoms with E-state index < -0.39 is 10.9 Å². The fourth-order valence-electron chi connectivity index (χ4n) is 1.13. The number of esters is 1. The van der Waals surface area contributed by atoms with Crippen LogP contribution in [0.3, 0.4) is 0 Å². The lowest BCUT2D eigenvalue weighted by Gasteiger charge is -2.01. The first-order valence-electron chi connectivity index (χ1n) is 5.09. The van der Waals surface area contributed by atoms with Crippen LogP contribution in [0.4, 0.5) is 5.69 Å². The minimum atomic E-state index is -0.534. The van der Waals surface area contributed by atoms with Crippen molar-refractivity contribution < 1.29 is 14.5 Å². The quantitative estimate of drug-likeness (QED) is 0.504. The summed E-state index contributed by atoms with van der Waals surface area (Å²) in [7, 11) is 5.00. The van der Waals surface area contributed by atoms with Crippen LogP contribution >= 0.6 is 0 Å². The Labute approximate surface area is 105 Å². The number of hydrogen-bond donors (Lipinski definition) is 1. The van der Waals surface area contributed by atoms with Crippen molar-refractivity contribution in [3.63, 3.8) is 0 Å². The Morgan fingerprint density at radius 3 is 2.44 bits per heavy atom. The molecule has 0 unspecified atom stereocenters. The molecular formula is C12H16N2O4. The molecular weight excluding hydrogens is 236 g/mol. The molecule has 0 aromatic heterocycles. The number of nitro benzene ring substituents is 1. The predicted molar refractivity (Wildman–Crippen MR) is 69.5 cm³/mol. The molecule has 0 saturated heterocycles. The lowest BCUT2D eigenvalue weighted by Crippen LogP contribution is -2.02. The number of rotatable bonds is 3. The summed E-state index contributed by atoms with van der Waals surface area (Å²) in [4.78, 5) is 21.2. The molecule has 0 radical (unpaired) electrons. The van der Waals surface area contributed by atoms with Gasteiger partial charge < -0.3 is 10.1 Å². The molecule has 98 valence electrons. The second kappa shape index (κ2) is 7.97. The van der Waals surface area contributed by atoms with Gasteiger partial charge in [0, 0.05) is 6.07 Å². The summed E-state index contributed by atoms with van der Waals surface area (Å²) in [6.45, 7) is 3.44. The van der Waals surface area contributed by atoms with Crippen LogP contribution in [0, 0.1) is 10.1 Å². The number of ether oxygens (including phenoxy) is 1. The van der Waals surface area contributed by atoms with Gasteiger partial charge in [-0.15, -0.1) is 0 Å². The lowest BCUT2D eigenvalue weighted by atomic mass is 10.1. The van der Waals surface area contributed by atoms with Crippen LogP contribution < -0.4 is 5.32 Å². The number of methoxy groups -OCH3 is 1. The maximum Gasteiger partial charge on any atom is 0.337 e. The normalized spacial score (nSPS) is 8.83. The molecule has 18 heavy (non-hydrogen) atoms. The van der Waals surface area contributed by atoms with E-state index in [9.17, 15) is 14.9 Å². The molecule has 6 heteroatoms. The van der Waals surface area contributed by atoms with Gasteiger partial charge in [0.2, 0.25) is 0 Å². The third kappa shape index (κ3) is 4.34. The van der Waals surface area contributed by atoms with E-state index >= 15 is 0 Å². The van der Waals surface area contributed by atoms with Crippen LogP contribution in [0.2, 0.25) is 0 Å². The first kappa shape index (κ1) is 15.8. The zero-order valence-electron chi connectivity index (χ0n) is 10.6. The Kier molecular flexibility index (Phi) is 6.99. The summed E-state index contributed by atoms with van der Waals surface area (Å²) in [5, 5.41) is 13.3. The number of nitro groups is 1. The van der Waals surface area contributed by atoms with Crippen LogP contribution in [0.5, 0.6) is 0 Å². The molecule has 0 atom stereocenters. The van der Waals surface area contributed by atoms with E-state index in [1.807, 2.05) is 14.1 Å². The van der Waals surface area contributed by atoms with Crippen molar-refractivity contribution in [1.82, 2.24) is 5.32 Å². The van der Waals surface area contributed by atoms with Crippen molar-refractivity contribution >= 4 is 17.7 Å². The Morgan fingerprint density at radius 1 is 1.50 bits per heavy atom. The van der Waals surface area contributed by atoms with E-state index in [1.54, 1.807) is 0 Å². The smallest absolute Gasteiger partial charge is 0.337 e. The number of nitrogens with one attached hydrogen (secondary N) is 1. The van der Waals surface area contributed by atoms with Crippen molar-refractivity contribution in [2.24, 2.45) is 0 Å². The molecule has 0 spiro atoms. The Hall–Kier alpha value is -2.21. The summed E-state index contributed by atoms with van der Waals surface area (Å²) < 4.78 is 4.49. The summed E-state index contributed by atoms with van der Waals surface area (Å²) in [6, 6.07) is 3.97. The highest BCUT2D eigenvalue weighted by Crippen LogP contribution is 2.21. The molecule has 0 aliphatic heterocycles. The van der Waals surface area contributed by atoms with Crippen molar-refractivity contribution in [3.05, 3.63) is 46.0 Å². The molecule has 1 aromatic carbocycles. The highest BCUT2D eigenvalue weighted by Gasteiger charge is 2.14. The summed E-state index contributed by atoms with van der Waals surface area (Å²) in [5.74, 6) is -0.534. The maximum atomic E-state index is 11.1. The van der Waals surface area contributed by atoms with E-state index in [0.29, 0.717) is 5.56 Å². The molecule has 6 nitrogen and oxygen atoms in total. The molecule has 1 aromatic rings. The van der Waals surface area contributed by atoms with Crippen LogP contribution in [0.15, 0.2) is 24.8 Å². The zero-order valence-corrected chi connectivity index (χ0v) is 10.6. The second-order valence-corrected chi connectivity index (χ2v) is 3.23. The Bertz CT molecular complexity index is 444. The van der Waals surface area contributed by atoms with Crippen molar-refractivity contribution in [2.75, 3.05) is 21.2 Å². The molecule has 0 saturated carbocycles.